The van der Waals surface area contributed by atoms with Crippen LogP contribution in [0.15, 0.2) is 0 Å². The van der Waals surface area contributed by atoms with Crippen molar-refractivity contribution < 1.29 is 0 Å². The first-order valence-corrected chi connectivity index (χ1v) is 8.18. The first kappa shape index (κ1) is 14.3. The second-order valence-corrected chi connectivity index (χ2v) is 6.69. The summed E-state index contributed by atoms with van der Waals surface area (Å²) in [5.74, 6) is 1.83. The monoisotopic (exact) mass is 252 g/mol. The maximum atomic E-state index is 3.77. The van der Waals surface area contributed by atoms with Crippen LogP contribution < -0.4 is 5.32 Å². The van der Waals surface area contributed by atoms with Crippen molar-refractivity contribution in [3.63, 3.8) is 0 Å². The Bertz CT molecular complexity index is 235. The predicted molar refractivity (Wildman–Crippen MR) is 78.9 cm³/mol. The molecule has 0 radical (unpaired) electrons. The van der Waals surface area contributed by atoms with Crippen molar-refractivity contribution in [2.45, 2.75) is 71.4 Å². The number of likely N-dealkylation sites (N-methyl/N-ethyl adjacent to an activating group) is 1. The Morgan fingerprint density at radius 1 is 1.11 bits per heavy atom. The van der Waals surface area contributed by atoms with E-state index in [1.165, 1.54) is 51.6 Å². The van der Waals surface area contributed by atoms with Crippen LogP contribution in [0.5, 0.6) is 0 Å². The molecule has 2 aliphatic rings. The van der Waals surface area contributed by atoms with Gasteiger partial charge in [0.1, 0.15) is 0 Å². The molecule has 0 aromatic rings. The van der Waals surface area contributed by atoms with E-state index >= 15 is 0 Å². The predicted octanol–water partition coefficient (Wildman–Crippen LogP) is 3.28. The third-order valence-corrected chi connectivity index (χ3v) is 5.11. The van der Waals surface area contributed by atoms with Crippen molar-refractivity contribution in [3.8, 4) is 0 Å². The molecular formula is C16H32N2. The van der Waals surface area contributed by atoms with Crippen LogP contribution in [-0.2, 0) is 0 Å². The SMILES string of the molecule is CCNC(CN1CC(C)CCC1C)C1CCCC1. The van der Waals surface area contributed by atoms with Gasteiger partial charge in [-0.05, 0) is 51.0 Å². The molecule has 1 aliphatic carbocycles. The second kappa shape index (κ2) is 6.91. The maximum absolute atomic E-state index is 3.77. The molecule has 1 aliphatic heterocycles. The molecule has 0 aromatic heterocycles. The molecule has 2 rings (SSSR count). The molecule has 0 amide bonds. The first-order chi connectivity index (χ1) is 8.70. The van der Waals surface area contributed by atoms with Gasteiger partial charge in [-0.15, -0.1) is 0 Å². The van der Waals surface area contributed by atoms with Gasteiger partial charge in [-0.25, -0.2) is 0 Å². The van der Waals surface area contributed by atoms with E-state index < -0.39 is 0 Å². The van der Waals surface area contributed by atoms with Crippen LogP contribution in [0.1, 0.15) is 59.3 Å². The quantitative estimate of drug-likeness (QED) is 0.808. The molecule has 3 unspecified atom stereocenters. The van der Waals surface area contributed by atoms with Gasteiger partial charge in [0.2, 0.25) is 0 Å². The summed E-state index contributed by atoms with van der Waals surface area (Å²) in [6.45, 7) is 10.8. The molecule has 2 nitrogen and oxygen atoms in total. The molecule has 1 heterocycles. The average molecular weight is 252 g/mol. The highest BCUT2D eigenvalue weighted by Gasteiger charge is 2.29. The van der Waals surface area contributed by atoms with Gasteiger partial charge < -0.3 is 5.32 Å². The van der Waals surface area contributed by atoms with E-state index in [2.05, 4.69) is 31.0 Å². The van der Waals surface area contributed by atoms with Crippen molar-refractivity contribution in [1.82, 2.24) is 10.2 Å². The summed E-state index contributed by atoms with van der Waals surface area (Å²) in [5.41, 5.74) is 0. The standard InChI is InChI=1S/C16H32N2/c1-4-17-16(15-7-5-6-8-15)12-18-11-13(2)9-10-14(18)3/h13-17H,4-12H2,1-3H3. The summed E-state index contributed by atoms with van der Waals surface area (Å²) in [6, 6.07) is 1.54. The molecule has 3 atom stereocenters. The fourth-order valence-electron chi connectivity index (χ4n) is 3.89. The largest absolute Gasteiger partial charge is 0.313 e. The van der Waals surface area contributed by atoms with E-state index in [-0.39, 0.29) is 0 Å². The van der Waals surface area contributed by atoms with Crippen LogP contribution in [0, 0.1) is 11.8 Å². The zero-order chi connectivity index (χ0) is 13.0. The summed E-state index contributed by atoms with van der Waals surface area (Å²) in [4.78, 5) is 2.75. The van der Waals surface area contributed by atoms with Crippen LogP contribution in [-0.4, -0.2) is 36.6 Å². The van der Waals surface area contributed by atoms with Crippen molar-refractivity contribution in [2.24, 2.45) is 11.8 Å². The summed E-state index contributed by atoms with van der Waals surface area (Å²) in [5, 5.41) is 3.77. The van der Waals surface area contributed by atoms with E-state index in [0.717, 1.165) is 30.5 Å². The van der Waals surface area contributed by atoms with Crippen molar-refractivity contribution in [1.29, 1.82) is 0 Å². The van der Waals surface area contributed by atoms with Crippen LogP contribution in [0.4, 0.5) is 0 Å². The highest BCUT2D eigenvalue weighted by atomic mass is 15.2. The third kappa shape index (κ3) is 3.71. The molecule has 106 valence electrons. The lowest BCUT2D eigenvalue weighted by Gasteiger charge is -2.40. The third-order valence-electron chi connectivity index (χ3n) is 5.11. The summed E-state index contributed by atoms with van der Waals surface area (Å²) in [6.07, 6.45) is 8.64. The minimum absolute atomic E-state index is 0.741. The number of rotatable bonds is 5. The lowest BCUT2D eigenvalue weighted by Crippen LogP contribution is -2.50. The van der Waals surface area contributed by atoms with Gasteiger partial charge in [0.25, 0.3) is 0 Å². The Hall–Kier alpha value is -0.0800. The Balaban J connectivity index is 1.89. The molecular weight excluding hydrogens is 220 g/mol. The van der Waals surface area contributed by atoms with Gasteiger partial charge in [0.05, 0.1) is 0 Å². The van der Waals surface area contributed by atoms with Crippen molar-refractivity contribution in [2.75, 3.05) is 19.6 Å². The van der Waals surface area contributed by atoms with Gasteiger partial charge in [-0.3, -0.25) is 4.90 Å². The Labute approximate surface area is 114 Å². The Morgan fingerprint density at radius 3 is 2.50 bits per heavy atom. The van der Waals surface area contributed by atoms with Crippen LogP contribution in [0.2, 0.25) is 0 Å². The van der Waals surface area contributed by atoms with E-state index in [1.54, 1.807) is 0 Å². The van der Waals surface area contributed by atoms with Crippen molar-refractivity contribution >= 4 is 0 Å². The van der Waals surface area contributed by atoms with Crippen LogP contribution in [0.25, 0.3) is 0 Å². The smallest absolute Gasteiger partial charge is 0.0223 e. The number of hydrogen-bond acceptors (Lipinski definition) is 2. The molecule has 1 saturated heterocycles. The number of nitrogens with one attached hydrogen (secondary N) is 1. The van der Waals surface area contributed by atoms with Crippen molar-refractivity contribution in [3.05, 3.63) is 0 Å². The molecule has 0 spiro atoms. The lowest BCUT2D eigenvalue weighted by molar-refractivity contribution is 0.101. The van der Waals surface area contributed by atoms with E-state index in [4.69, 9.17) is 0 Å². The van der Waals surface area contributed by atoms with E-state index in [9.17, 15) is 0 Å². The topological polar surface area (TPSA) is 15.3 Å². The minimum atomic E-state index is 0.741. The fourth-order valence-corrected chi connectivity index (χ4v) is 3.89. The summed E-state index contributed by atoms with van der Waals surface area (Å²) in [7, 11) is 0. The molecule has 0 aromatic carbocycles. The maximum Gasteiger partial charge on any atom is 0.0223 e. The summed E-state index contributed by atoms with van der Waals surface area (Å²) < 4.78 is 0. The van der Waals surface area contributed by atoms with Crippen LogP contribution in [0.3, 0.4) is 0 Å². The zero-order valence-corrected chi connectivity index (χ0v) is 12.6. The Kier molecular flexibility index (Phi) is 5.50. The van der Waals surface area contributed by atoms with E-state index in [1.807, 2.05) is 0 Å². The number of nitrogens with zero attached hydrogens (tertiary/aromatic N) is 1. The lowest BCUT2D eigenvalue weighted by atomic mass is 9.92. The molecule has 2 heteroatoms. The molecule has 18 heavy (non-hydrogen) atoms. The van der Waals surface area contributed by atoms with Gasteiger partial charge in [0, 0.05) is 25.2 Å². The zero-order valence-electron chi connectivity index (χ0n) is 12.6. The average Bonchev–Trinajstić information content (AvgIpc) is 2.87. The fraction of sp³-hybridized carbons (Fsp3) is 1.00. The molecule has 1 saturated carbocycles. The van der Waals surface area contributed by atoms with Gasteiger partial charge in [-0.2, -0.15) is 0 Å². The molecule has 0 bridgehead atoms. The molecule has 1 N–H and O–H groups in total. The highest BCUT2D eigenvalue weighted by molar-refractivity contribution is 4.86. The normalized spacial score (nSPS) is 32.8. The Morgan fingerprint density at radius 2 is 1.83 bits per heavy atom. The molecule has 2 fully saturated rings. The van der Waals surface area contributed by atoms with E-state index in [0.29, 0.717) is 0 Å². The second-order valence-electron chi connectivity index (χ2n) is 6.69. The first-order valence-electron chi connectivity index (χ1n) is 8.18. The highest BCUT2D eigenvalue weighted by Crippen LogP contribution is 2.29. The summed E-state index contributed by atoms with van der Waals surface area (Å²) >= 11 is 0. The van der Waals surface area contributed by atoms with Gasteiger partial charge in [-0.1, -0.05) is 26.7 Å². The number of likely N-dealkylation sites (tertiary alicyclic amines) is 1. The number of hydrogen-bond donors (Lipinski definition) is 1. The number of piperidine rings is 1. The van der Waals surface area contributed by atoms with Gasteiger partial charge >= 0.3 is 0 Å². The van der Waals surface area contributed by atoms with Gasteiger partial charge in [0.15, 0.2) is 0 Å². The van der Waals surface area contributed by atoms with Crippen LogP contribution >= 0.6 is 0 Å². The minimum Gasteiger partial charge on any atom is -0.313 e.